The summed E-state index contributed by atoms with van der Waals surface area (Å²) in [6, 6.07) is 2.70. The van der Waals surface area contributed by atoms with Crippen molar-refractivity contribution in [1.29, 1.82) is 5.26 Å². The lowest BCUT2D eigenvalue weighted by molar-refractivity contribution is -0.0907. The van der Waals surface area contributed by atoms with Crippen LogP contribution in [0.4, 0.5) is 0 Å². The summed E-state index contributed by atoms with van der Waals surface area (Å²) in [7, 11) is -1.80. The number of aliphatic hydroxyl groups excluding tert-OH is 1. The molecule has 150 valence electrons. The normalized spacial score (nSPS) is 49.4. The first-order valence-corrected chi connectivity index (χ1v) is 14.4. The van der Waals surface area contributed by atoms with Crippen LogP contribution in [0.3, 0.4) is 0 Å². The Morgan fingerprint density at radius 3 is 2.48 bits per heavy atom. The first-order chi connectivity index (χ1) is 12.5. The molecule has 0 spiro atoms. The van der Waals surface area contributed by atoms with Crippen LogP contribution in [-0.2, 0) is 4.43 Å². The number of rotatable bonds is 2. The summed E-state index contributed by atoms with van der Waals surface area (Å²) in [6.07, 6.45) is 10.8. The van der Waals surface area contributed by atoms with Crippen molar-refractivity contribution in [2.24, 2.45) is 28.6 Å². The maximum absolute atomic E-state index is 10.3. The molecule has 0 saturated heterocycles. The molecule has 27 heavy (non-hydrogen) atoms. The van der Waals surface area contributed by atoms with Crippen molar-refractivity contribution in [3.8, 4) is 6.07 Å². The van der Waals surface area contributed by atoms with Crippen LogP contribution in [0.5, 0.6) is 0 Å². The number of fused-ring (bicyclic) bond motifs is 5. The van der Waals surface area contributed by atoms with Crippen molar-refractivity contribution in [2.75, 3.05) is 0 Å². The average molecular weight is 388 g/mol. The summed E-state index contributed by atoms with van der Waals surface area (Å²) >= 11 is 0. The van der Waals surface area contributed by atoms with Gasteiger partial charge in [0.1, 0.15) is 5.60 Å². The van der Waals surface area contributed by atoms with E-state index >= 15 is 0 Å². The molecule has 0 aromatic heterocycles. The number of hydrogen-bond donors (Lipinski definition) is 1. The van der Waals surface area contributed by atoms with Gasteiger partial charge >= 0.3 is 0 Å². The van der Waals surface area contributed by atoms with E-state index in [4.69, 9.17) is 4.43 Å². The predicted octanol–water partition coefficient (Wildman–Crippen LogP) is 5.42. The number of nitriles is 1. The van der Waals surface area contributed by atoms with Crippen molar-refractivity contribution < 1.29 is 9.53 Å². The summed E-state index contributed by atoms with van der Waals surface area (Å²) in [5.74, 6) is 1.98. The molecular formula is C23H37NO2Si. The van der Waals surface area contributed by atoms with Crippen LogP contribution in [0, 0.1) is 39.9 Å². The summed E-state index contributed by atoms with van der Waals surface area (Å²) < 4.78 is 6.66. The van der Waals surface area contributed by atoms with Crippen LogP contribution in [0.1, 0.15) is 65.2 Å². The zero-order valence-electron chi connectivity index (χ0n) is 17.8. The van der Waals surface area contributed by atoms with Crippen molar-refractivity contribution in [2.45, 2.75) is 96.6 Å². The van der Waals surface area contributed by atoms with Gasteiger partial charge in [-0.05, 0) is 94.2 Å². The summed E-state index contributed by atoms with van der Waals surface area (Å²) in [5, 5.41) is 20.4. The van der Waals surface area contributed by atoms with Crippen molar-refractivity contribution in [3.63, 3.8) is 0 Å². The lowest BCUT2D eigenvalue weighted by Gasteiger charge is -2.59. The van der Waals surface area contributed by atoms with Gasteiger partial charge in [0.15, 0.2) is 8.32 Å². The van der Waals surface area contributed by atoms with E-state index in [0.29, 0.717) is 17.8 Å². The van der Waals surface area contributed by atoms with Crippen LogP contribution < -0.4 is 0 Å². The van der Waals surface area contributed by atoms with Crippen molar-refractivity contribution in [1.82, 2.24) is 0 Å². The van der Waals surface area contributed by atoms with E-state index in [9.17, 15) is 10.4 Å². The molecule has 0 aliphatic heterocycles. The topological polar surface area (TPSA) is 53.2 Å². The minimum Gasteiger partial charge on any atom is -0.399 e. The highest BCUT2D eigenvalue weighted by atomic mass is 28.4. The second-order valence-electron chi connectivity index (χ2n) is 11.3. The minimum atomic E-state index is -1.80. The van der Waals surface area contributed by atoms with Crippen LogP contribution in [0.2, 0.25) is 19.6 Å². The first-order valence-electron chi connectivity index (χ1n) is 11.0. The molecule has 0 bridgehead atoms. The molecule has 3 nitrogen and oxygen atoms in total. The fourth-order valence-corrected chi connectivity index (χ4v) is 8.96. The number of hydrogen-bond acceptors (Lipinski definition) is 3. The van der Waals surface area contributed by atoms with Gasteiger partial charge in [0.2, 0.25) is 0 Å². The quantitative estimate of drug-likeness (QED) is 0.508. The smallest absolute Gasteiger partial charge is 0.185 e. The number of allylic oxidation sites excluding steroid dienone is 1. The van der Waals surface area contributed by atoms with Gasteiger partial charge < -0.3 is 9.53 Å². The van der Waals surface area contributed by atoms with Gasteiger partial charge in [0, 0.05) is 5.41 Å². The van der Waals surface area contributed by atoms with E-state index in [2.05, 4.69) is 45.6 Å². The highest BCUT2D eigenvalue weighted by Gasteiger charge is 2.65. The molecule has 1 unspecified atom stereocenters. The lowest BCUT2D eigenvalue weighted by Crippen LogP contribution is -2.57. The third kappa shape index (κ3) is 2.80. The molecule has 0 aromatic carbocycles. The second kappa shape index (κ2) is 6.18. The van der Waals surface area contributed by atoms with E-state index in [1.807, 2.05) is 0 Å². The third-order valence-electron chi connectivity index (χ3n) is 8.86. The Bertz CT molecular complexity index is 691. The maximum Gasteiger partial charge on any atom is 0.185 e. The fraction of sp³-hybridized carbons (Fsp3) is 0.870. The van der Waals surface area contributed by atoms with Gasteiger partial charge in [0.05, 0.1) is 12.2 Å². The molecule has 4 heteroatoms. The Hall–Kier alpha value is -0.633. The molecule has 1 N–H and O–H groups in total. The van der Waals surface area contributed by atoms with Gasteiger partial charge in [-0.15, -0.1) is 0 Å². The zero-order chi connectivity index (χ0) is 19.7. The molecule has 0 heterocycles. The molecule has 4 aliphatic rings. The minimum absolute atomic E-state index is 0.0148. The Morgan fingerprint density at radius 2 is 1.81 bits per heavy atom. The molecule has 0 aromatic rings. The number of aliphatic hydroxyl groups is 1. The van der Waals surface area contributed by atoms with Crippen LogP contribution >= 0.6 is 0 Å². The number of nitrogens with zero attached hydrogens (tertiary/aromatic N) is 1. The summed E-state index contributed by atoms with van der Waals surface area (Å²) in [5.41, 5.74) is 1.19. The van der Waals surface area contributed by atoms with E-state index in [0.717, 1.165) is 44.9 Å². The first kappa shape index (κ1) is 19.7. The maximum atomic E-state index is 10.3. The fourth-order valence-electron chi connectivity index (χ4n) is 7.54. The van der Waals surface area contributed by atoms with Crippen LogP contribution in [0.25, 0.3) is 0 Å². The van der Waals surface area contributed by atoms with E-state index < -0.39 is 13.9 Å². The van der Waals surface area contributed by atoms with Gasteiger partial charge in [-0.2, -0.15) is 5.26 Å². The Kier molecular flexibility index (Phi) is 4.50. The molecule has 4 rings (SSSR count). The standard InChI is InChI=1S/C23H37NO2Si/c1-21-11-8-17(25)14-16(21)6-7-18-19(21)9-12-22(2)20(18)10-13-23(22,15-24)26-27(3,4)5/h6,17-20,25H,7-14H2,1-5H3/t17-,18-,19+,20+,21+,22+,23?/m1/s1. The largest absolute Gasteiger partial charge is 0.399 e. The van der Waals surface area contributed by atoms with Crippen molar-refractivity contribution in [3.05, 3.63) is 11.6 Å². The SMILES string of the molecule is C[C@]12CC[C@@H](O)CC1=CC[C@@H]1[C@@H]2CC[C@@]2(C)[C@H]1CCC2(C#N)O[Si](C)(C)C. The van der Waals surface area contributed by atoms with Gasteiger partial charge in [-0.3, -0.25) is 0 Å². The Labute approximate surface area is 166 Å². The average Bonchev–Trinajstić information content (AvgIpc) is 2.87. The van der Waals surface area contributed by atoms with Crippen LogP contribution in [0.15, 0.2) is 11.6 Å². The highest BCUT2D eigenvalue weighted by molar-refractivity contribution is 6.69. The van der Waals surface area contributed by atoms with Gasteiger partial charge in [-0.25, -0.2) is 0 Å². The lowest BCUT2D eigenvalue weighted by atomic mass is 9.47. The molecule has 3 fully saturated rings. The molecule has 4 aliphatic carbocycles. The van der Waals surface area contributed by atoms with Crippen molar-refractivity contribution >= 4 is 8.32 Å². The Morgan fingerprint density at radius 1 is 1.11 bits per heavy atom. The van der Waals surface area contributed by atoms with E-state index in [1.165, 1.54) is 12.0 Å². The summed E-state index contributed by atoms with van der Waals surface area (Å²) in [6.45, 7) is 11.5. The monoisotopic (exact) mass is 387 g/mol. The predicted molar refractivity (Wildman–Crippen MR) is 110 cm³/mol. The summed E-state index contributed by atoms with van der Waals surface area (Å²) in [4.78, 5) is 0. The van der Waals surface area contributed by atoms with Gasteiger partial charge in [0.25, 0.3) is 0 Å². The Balaban J connectivity index is 1.67. The molecular weight excluding hydrogens is 350 g/mol. The van der Waals surface area contributed by atoms with Gasteiger partial charge in [-0.1, -0.05) is 25.5 Å². The molecule has 0 radical (unpaired) electrons. The molecule has 3 saturated carbocycles. The second-order valence-corrected chi connectivity index (χ2v) is 15.7. The van der Waals surface area contributed by atoms with E-state index in [-0.39, 0.29) is 16.9 Å². The van der Waals surface area contributed by atoms with Crippen LogP contribution in [-0.4, -0.2) is 25.1 Å². The zero-order valence-corrected chi connectivity index (χ0v) is 18.8. The van der Waals surface area contributed by atoms with E-state index in [1.54, 1.807) is 0 Å². The highest BCUT2D eigenvalue weighted by Crippen LogP contribution is 2.68. The molecule has 0 amide bonds. The molecule has 7 atom stereocenters. The third-order valence-corrected chi connectivity index (χ3v) is 9.82.